The van der Waals surface area contributed by atoms with Crippen LogP contribution < -0.4 is 5.32 Å². The van der Waals surface area contributed by atoms with Gasteiger partial charge in [0.2, 0.25) is 0 Å². The van der Waals surface area contributed by atoms with Crippen LogP contribution >= 0.6 is 0 Å². The average molecular weight is 285 g/mol. The first-order valence-electron chi connectivity index (χ1n) is 9.14. The molecule has 1 atom stereocenters. The molecule has 0 spiro atoms. The van der Waals surface area contributed by atoms with Gasteiger partial charge < -0.3 is 5.32 Å². The molecule has 0 aromatic heterocycles. The second-order valence-electron chi connectivity index (χ2n) is 7.27. The van der Waals surface area contributed by atoms with Gasteiger partial charge in [-0.05, 0) is 43.7 Å². The van der Waals surface area contributed by atoms with Gasteiger partial charge in [0, 0.05) is 11.5 Å². The van der Waals surface area contributed by atoms with Gasteiger partial charge in [-0.1, -0.05) is 69.4 Å². The van der Waals surface area contributed by atoms with E-state index in [1.807, 2.05) is 0 Å². The predicted octanol–water partition coefficient (Wildman–Crippen LogP) is 5.06. The Kier molecular flexibility index (Phi) is 5.00. The van der Waals surface area contributed by atoms with Gasteiger partial charge >= 0.3 is 0 Å². The summed E-state index contributed by atoms with van der Waals surface area (Å²) in [5.41, 5.74) is 2.00. The van der Waals surface area contributed by atoms with Gasteiger partial charge in [-0.2, -0.15) is 0 Å². The van der Waals surface area contributed by atoms with E-state index in [2.05, 4.69) is 42.6 Å². The smallest absolute Gasteiger partial charge is 0.0167 e. The molecule has 0 heterocycles. The molecular formula is C20H31N. The molecule has 1 nitrogen and oxygen atoms in total. The van der Waals surface area contributed by atoms with E-state index in [1.165, 1.54) is 64.3 Å². The quantitative estimate of drug-likeness (QED) is 0.738. The van der Waals surface area contributed by atoms with Crippen molar-refractivity contribution in [3.05, 3.63) is 35.9 Å². The van der Waals surface area contributed by atoms with Crippen molar-refractivity contribution in [3.8, 4) is 0 Å². The van der Waals surface area contributed by atoms with Crippen LogP contribution in [0.1, 0.15) is 70.3 Å². The summed E-state index contributed by atoms with van der Waals surface area (Å²) >= 11 is 0. The SMILES string of the molecule is CCCNC(CC1CC1)C1(c2ccccc2)CCCCC1. The molecule has 1 aromatic carbocycles. The minimum Gasteiger partial charge on any atom is -0.313 e. The van der Waals surface area contributed by atoms with Crippen LogP contribution in [0.2, 0.25) is 0 Å². The van der Waals surface area contributed by atoms with Crippen molar-refractivity contribution >= 4 is 0 Å². The summed E-state index contributed by atoms with van der Waals surface area (Å²) in [5, 5.41) is 3.95. The highest BCUT2D eigenvalue weighted by Crippen LogP contribution is 2.46. The fourth-order valence-corrected chi connectivity index (χ4v) is 4.30. The van der Waals surface area contributed by atoms with Gasteiger partial charge in [-0.25, -0.2) is 0 Å². The Morgan fingerprint density at radius 3 is 2.43 bits per heavy atom. The molecule has 0 radical (unpaired) electrons. The Hall–Kier alpha value is -0.820. The van der Waals surface area contributed by atoms with Gasteiger partial charge in [-0.3, -0.25) is 0 Å². The molecule has 0 saturated heterocycles. The molecule has 2 aliphatic rings. The van der Waals surface area contributed by atoms with E-state index in [0.717, 1.165) is 5.92 Å². The standard InChI is InChI=1S/C20H31N/c1-2-15-21-19(16-17-11-12-17)20(13-7-4-8-14-20)18-9-5-3-6-10-18/h3,5-6,9-10,17,19,21H,2,4,7-8,11-16H2,1H3. The number of rotatable bonds is 7. The molecule has 1 N–H and O–H groups in total. The second-order valence-corrected chi connectivity index (χ2v) is 7.27. The lowest BCUT2D eigenvalue weighted by Crippen LogP contribution is -2.50. The number of benzene rings is 1. The summed E-state index contributed by atoms with van der Waals surface area (Å²) in [6, 6.07) is 12.1. The van der Waals surface area contributed by atoms with Gasteiger partial charge in [0.25, 0.3) is 0 Å². The van der Waals surface area contributed by atoms with Crippen LogP contribution in [0.15, 0.2) is 30.3 Å². The maximum Gasteiger partial charge on any atom is 0.0167 e. The average Bonchev–Trinajstić information content (AvgIpc) is 3.37. The van der Waals surface area contributed by atoms with Crippen LogP contribution in [0.5, 0.6) is 0 Å². The van der Waals surface area contributed by atoms with Gasteiger partial charge in [-0.15, -0.1) is 0 Å². The van der Waals surface area contributed by atoms with Crippen molar-refractivity contribution in [2.45, 2.75) is 76.2 Å². The number of hydrogen-bond acceptors (Lipinski definition) is 1. The first-order chi connectivity index (χ1) is 10.3. The Morgan fingerprint density at radius 2 is 1.81 bits per heavy atom. The van der Waals surface area contributed by atoms with Crippen LogP contribution in [0.4, 0.5) is 0 Å². The zero-order valence-corrected chi connectivity index (χ0v) is 13.6. The molecule has 2 saturated carbocycles. The van der Waals surface area contributed by atoms with E-state index >= 15 is 0 Å². The van der Waals surface area contributed by atoms with E-state index in [9.17, 15) is 0 Å². The lowest BCUT2D eigenvalue weighted by atomic mass is 9.63. The molecule has 1 aromatic rings. The van der Waals surface area contributed by atoms with Crippen LogP contribution in [-0.4, -0.2) is 12.6 Å². The maximum absolute atomic E-state index is 3.95. The molecular weight excluding hydrogens is 254 g/mol. The Bertz CT molecular complexity index is 415. The van der Waals surface area contributed by atoms with Crippen molar-refractivity contribution in [1.82, 2.24) is 5.32 Å². The first-order valence-corrected chi connectivity index (χ1v) is 9.14. The minimum absolute atomic E-state index is 0.400. The highest BCUT2D eigenvalue weighted by molar-refractivity contribution is 5.29. The fourth-order valence-electron chi connectivity index (χ4n) is 4.30. The molecule has 1 heteroatoms. The molecule has 2 fully saturated rings. The van der Waals surface area contributed by atoms with E-state index in [-0.39, 0.29) is 0 Å². The summed E-state index contributed by atoms with van der Waals surface area (Å²) in [5.74, 6) is 1.00. The summed E-state index contributed by atoms with van der Waals surface area (Å²) in [7, 11) is 0. The molecule has 0 bridgehead atoms. The zero-order valence-electron chi connectivity index (χ0n) is 13.6. The Balaban J connectivity index is 1.87. The highest BCUT2D eigenvalue weighted by Gasteiger charge is 2.42. The Labute approximate surface area is 130 Å². The third kappa shape index (κ3) is 3.51. The van der Waals surface area contributed by atoms with E-state index in [0.29, 0.717) is 11.5 Å². The predicted molar refractivity (Wildman–Crippen MR) is 90.6 cm³/mol. The minimum atomic E-state index is 0.400. The molecule has 116 valence electrons. The third-order valence-electron chi connectivity index (χ3n) is 5.67. The van der Waals surface area contributed by atoms with Gasteiger partial charge in [0.05, 0.1) is 0 Å². The van der Waals surface area contributed by atoms with Crippen molar-refractivity contribution in [2.75, 3.05) is 6.54 Å². The molecule has 21 heavy (non-hydrogen) atoms. The summed E-state index contributed by atoms with van der Waals surface area (Å²) in [4.78, 5) is 0. The van der Waals surface area contributed by atoms with E-state index in [4.69, 9.17) is 0 Å². The fraction of sp³-hybridized carbons (Fsp3) is 0.700. The molecule has 0 aliphatic heterocycles. The van der Waals surface area contributed by atoms with Crippen LogP contribution in [0, 0.1) is 5.92 Å². The summed E-state index contributed by atoms with van der Waals surface area (Å²) < 4.78 is 0. The normalized spacial score (nSPS) is 22.9. The number of hydrogen-bond donors (Lipinski definition) is 1. The molecule has 1 unspecified atom stereocenters. The van der Waals surface area contributed by atoms with Crippen LogP contribution in [-0.2, 0) is 5.41 Å². The molecule has 0 amide bonds. The van der Waals surface area contributed by atoms with E-state index in [1.54, 1.807) is 5.56 Å². The Morgan fingerprint density at radius 1 is 1.10 bits per heavy atom. The van der Waals surface area contributed by atoms with Crippen LogP contribution in [0.3, 0.4) is 0 Å². The zero-order chi connectivity index (χ0) is 14.5. The van der Waals surface area contributed by atoms with Gasteiger partial charge in [0.1, 0.15) is 0 Å². The molecule has 3 rings (SSSR count). The van der Waals surface area contributed by atoms with Crippen molar-refractivity contribution in [1.29, 1.82) is 0 Å². The largest absolute Gasteiger partial charge is 0.313 e. The summed E-state index contributed by atoms with van der Waals surface area (Å²) in [6.07, 6.45) is 12.6. The van der Waals surface area contributed by atoms with Crippen molar-refractivity contribution in [3.63, 3.8) is 0 Å². The highest BCUT2D eigenvalue weighted by atomic mass is 14.9. The molecule has 2 aliphatic carbocycles. The maximum atomic E-state index is 3.95. The second kappa shape index (κ2) is 6.96. The first kappa shape index (κ1) is 15.1. The number of nitrogens with one attached hydrogen (secondary N) is 1. The topological polar surface area (TPSA) is 12.0 Å². The lowest BCUT2D eigenvalue weighted by Gasteiger charge is -2.45. The third-order valence-corrected chi connectivity index (χ3v) is 5.67. The van der Waals surface area contributed by atoms with Gasteiger partial charge in [0.15, 0.2) is 0 Å². The lowest BCUT2D eigenvalue weighted by molar-refractivity contribution is 0.198. The van der Waals surface area contributed by atoms with Crippen LogP contribution in [0.25, 0.3) is 0 Å². The van der Waals surface area contributed by atoms with E-state index < -0.39 is 0 Å². The van der Waals surface area contributed by atoms with Crippen molar-refractivity contribution in [2.24, 2.45) is 5.92 Å². The summed E-state index contributed by atoms with van der Waals surface area (Å²) in [6.45, 7) is 3.46. The monoisotopic (exact) mass is 285 g/mol. The van der Waals surface area contributed by atoms with Crippen molar-refractivity contribution < 1.29 is 0 Å².